The van der Waals surface area contributed by atoms with Gasteiger partial charge in [0.1, 0.15) is 10.5 Å². The Morgan fingerprint density at radius 1 is 1.40 bits per heavy atom. The lowest BCUT2D eigenvalue weighted by molar-refractivity contribution is -0.383. The number of nitrogens with zero attached hydrogens (tertiary/aromatic N) is 2. The van der Waals surface area contributed by atoms with Crippen molar-refractivity contribution in [1.82, 2.24) is 4.98 Å². The fourth-order valence-electron chi connectivity index (χ4n) is 1.49. The third-order valence-corrected chi connectivity index (χ3v) is 2.54. The molecule has 5 heteroatoms. The van der Waals surface area contributed by atoms with Crippen molar-refractivity contribution in [2.45, 2.75) is 6.92 Å². The Morgan fingerprint density at radius 3 is 2.80 bits per heavy atom. The van der Waals surface area contributed by atoms with Gasteiger partial charge in [-0.15, -0.1) is 0 Å². The summed E-state index contributed by atoms with van der Waals surface area (Å²) < 4.78 is 0. The molecule has 0 bridgehead atoms. The normalized spacial score (nSPS) is 10.5. The molecule has 0 spiro atoms. The van der Waals surface area contributed by atoms with Gasteiger partial charge in [0.25, 0.3) is 0 Å². The summed E-state index contributed by atoms with van der Waals surface area (Å²) in [5, 5.41) is 11.7. The lowest BCUT2D eigenvalue weighted by Gasteiger charge is -2.02. The van der Waals surface area contributed by atoms with E-state index in [1.54, 1.807) is 18.3 Å². The van der Waals surface area contributed by atoms with Gasteiger partial charge in [0.05, 0.1) is 4.92 Å². The summed E-state index contributed by atoms with van der Waals surface area (Å²) in [6, 6.07) is 5.07. The van der Waals surface area contributed by atoms with Crippen LogP contribution >= 0.6 is 11.6 Å². The highest BCUT2D eigenvalue weighted by Crippen LogP contribution is 2.32. The zero-order chi connectivity index (χ0) is 11.0. The number of benzene rings is 1. The molecular formula is C10H7ClN2O2. The van der Waals surface area contributed by atoms with Crippen LogP contribution in [0.4, 0.5) is 5.69 Å². The second-order valence-electron chi connectivity index (χ2n) is 3.18. The van der Waals surface area contributed by atoms with Crippen LogP contribution in [0.25, 0.3) is 10.9 Å². The molecule has 2 rings (SSSR count). The van der Waals surface area contributed by atoms with E-state index in [4.69, 9.17) is 11.6 Å². The van der Waals surface area contributed by atoms with Gasteiger partial charge < -0.3 is 0 Å². The van der Waals surface area contributed by atoms with E-state index >= 15 is 0 Å². The van der Waals surface area contributed by atoms with E-state index in [1.807, 2.05) is 6.92 Å². The molecule has 0 N–H and O–H groups in total. The first kappa shape index (κ1) is 9.86. The first-order valence-electron chi connectivity index (χ1n) is 4.29. The van der Waals surface area contributed by atoms with E-state index < -0.39 is 4.92 Å². The molecule has 0 aliphatic heterocycles. The Morgan fingerprint density at radius 2 is 2.13 bits per heavy atom. The third-order valence-electron chi connectivity index (χ3n) is 2.24. The van der Waals surface area contributed by atoms with Crippen molar-refractivity contribution in [3.63, 3.8) is 0 Å². The lowest BCUT2D eigenvalue weighted by Crippen LogP contribution is -1.93. The number of nitro benzene ring substituents is 1. The maximum atomic E-state index is 10.8. The number of pyridine rings is 1. The van der Waals surface area contributed by atoms with E-state index in [0.29, 0.717) is 5.52 Å². The van der Waals surface area contributed by atoms with Crippen LogP contribution in [-0.2, 0) is 0 Å². The van der Waals surface area contributed by atoms with Crippen molar-refractivity contribution in [2.24, 2.45) is 0 Å². The minimum absolute atomic E-state index is 0.116. The van der Waals surface area contributed by atoms with E-state index in [-0.39, 0.29) is 10.7 Å². The maximum Gasteiger partial charge on any atom is 0.313 e. The van der Waals surface area contributed by atoms with Gasteiger partial charge in [-0.3, -0.25) is 10.1 Å². The van der Waals surface area contributed by atoms with E-state index in [0.717, 1.165) is 10.9 Å². The number of rotatable bonds is 1. The molecular weight excluding hydrogens is 216 g/mol. The molecule has 0 unspecified atom stereocenters. The van der Waals surface area contributed by atoms with Crippen LogP contribution in [0.2, 0.25) is 5.02 Å². The van der Waals surface area contributed by atoms with Gasteiger partial charge in [0, 0.05) is 11.6 Å². The van der Waals surface area contributed by atoms with Crippen molar-refractivity contribution in [3.05, 3.63) is 45.1 Å². The average molecular weight is 223 g/mol. The standard InChI is InChI=1S/C10H7ClN2O2/c1-6-4-5-12-9-7(6)2-3-8(11)10(9)13(14)15/h2-5H,1H3. The van der Waals surface area contributed by atoms with Gasteiger partial charge in [-0.2, -0.15) is 0 Å². The van der Waals surface area contributed by atoms with Gasteiger partial charge >= 0.3 is 5.69 Å². The highest BCUT2D eigenvalue weighted by molar-refractivity contribution is 6.34. The minimum atomic E-state index is -0.503. The van der Waals surface area contributed by atoms with Crippen LogP contribution in [-0.4, -0.2) is 9.91 Å². The molecule has 15 heavy (non-hydrogen) atoms. The predicted octanol–water partition coefficient (Wildman–Crippen LogP) is 3.10. The van der Waals surface area contributed by atoms with Crippen LogP contribution in [0.3, 0.4) is 0 Å². The molecule has 0 aliphatic carbocycles. The summed E-state index contributed by atoms with van der Waals surface area (Å²) in [6.45, 7) is 1.88. The quantitative estimate of drug-likeness (QED) is 0.550. The number of aryl methyl sites for hydroxylation is 1. The van der Waals surface area contributed by atoms with Crippen molar-refractivity contribution in [3.8, 4) is 0 Å². The smallest absolute Gasteiger partial charge is 0.258 e. The van der Waals surface area contributed by atoms with E-state index in [2.05, 4.69) is 4.98 Å². The van der Waals surface area contributed by atoms with Crippen LogP contribution in [0.1, 0.15) is 5.56 Å². The molecule has 4 nitrogen and oxygen atoms in total. The number of hydrogen-bond acceptors (Lipinski definition) is 3. The van der Waals surface area contributed by atoms with Gasteiger partial charge in [-0.1, -0.05) is 17.7 Å². The Kier molecular flexibility index (Phi) is 2.28. The summed E-state index contributed by atoms with van der Waals surface area (Å²) >= 11 is 5.77. The van der Waals surface area contributed by atoms with Gasteiger partial charge in [0.2, 0.25) is 0 Å². The van der Waals surface area contributed by atoms with Gasteiger partial charge in [-0.05, 0) is 24.6 Å². The molecule has 1 aromatic carbocycles. The molecule has 2 aromatic rings. The number of nitro groups is 1. The molecule has 0 atom stereocenters. The number of halogens is 1. The van der Waals surface area contributed by atoms with Crippen molar-refractivity contribution in [2.75, 3.05) is 0 Å². The zero-order valence-corrected chi connectivity index (χ0v) is 8.65. The molecule has 0 radical (unpaired) electrons. The van der Waals surface area contributed by atoms with Crippen molar-refractivity contribution >= 4 is 28.2 Å². The Labute approximate surface area is 90.7 Å². The summed E-state index contributed by atoms with van der Waals surface area (Å²) in [5.41, 5.74) is 1.16. The molecule has 0 fully saturated rings. The number of fused-ring (bicyclic) bond motifs is 1. The second kappa shape index (κ2) is 3.47. The average Bonchev–Trinajstić information content (AvgIpc) is 2.17. The predicted molar refractivity (Wildman–Crippen MR) is 58.1 cm³/mol. The SMILES string of the molecule is Cc1ccnc2c([N+](=O)[O-])c(Cl)ccc12. The molecule has 1 aromatic heterocycles. The largest absolute Gasteiger partial charge is 0.313 e. The molecule has 1 heterocycles. The first-order chi connectivity index (χ1) is 7.11. The van der Waals surface area contributed by atoms with Crippen LogP contribution in [0.15, 0.2) is 24.4 Å². The van der Waals surface area contributed by atoms with E-state index in [1.165, 1.54) is 6.07 Å². The Hall–Kier alpha value is -1.68. The number of aromatic nitrogens is 1. The molecule has 0 amide bonds. The molecule has 76 valence electrons. The lowest BCUT2D eigenvalue weighted by atomic mass is 10.1. The summed E-state index contributed by atoms with van der Waals surface area (Å²) in [7, 11) is 0. The summed E-state index contributed by atoms with van der Waals surface area (Å²) in [6.07, 6.45) is 1.54. The van der Waals surface area contributed by atoms with Crippen LogP contribution < -0.4 is 0 Å². The fourth-order valence-corrected chi connectivity index (χ4v) is 1.71. The van der Waals surface area contributed by atoms with E-state index in [9.17, 15) is 10.1 Å². The molecule has 0 saturated heterocycles. The topological polar surface area (TPSA) is 56.0 Å². The number of hydrogen-bond donors (Lipinski definition) is 0. The van der Waals surface area contributed by atoms with Crippen molar-refractivity contribution in [1.29, 1.82) is 0 Å². The summed E-state index contributed by atoms with van der Waals surface area (Å²) in [5.74, 6) is 0. The highest BCUT2D eigenvalue weighted by atomic mass is 35.5. The monoisotopic (exact) mass is 222 g/mol. The highest BCUT2D eigenvalue weighted by Gasteiger charge is 2.18. The Balaban J connectivity index is 2.94. The van der Waals surface area contributed by atoms with Gasteiger partial charge in [-0.25, -0.2) is 4.98 Å². The Bertz CT molecular complexity index is 554. The van der Waals surface area contributed by atoms with Gasteiger partial charge in [0.15, 0.2) is 0 Å². The molecule has 0 saturated carbocycles. The second-order valence-corrected chi connectivity index (χ2v) is 3.58. The fraction of sp³-hybridized carbons (Fsp3) is 0.100. The summed E-state index contributed by atoms with van der Waals surface area (Å²) in [4.78, 5) is 14.3. The minimum Gasteiger partial charge on any atom is -0.258 e. The maximum absolute atomic E-state index is 10.8. The van der Waals surface area contributed by atoms with Crippen molar-refractivity contribution < 1.29 is 4.92 Å². The van der Waals surface area contributed by atoms with Crippen LogP contribution in [0, 0.1) is 17.0 Å². The third kappa shape index (κ3) is 1.53. The van der Waals surface area contributed by atoms with Crippen LogP contribution in [0.5, 0.6) is 0 Å². The first-order valence-corrected chi connectivity index (χ1v) is 4.67. The molecule has 0 aliphatic rings. The zero-order valence-electron chi connectivity index (χ0n) is 7.90.